The SMILES string of the molecule is COc1cc2c(cc1OCc1cc(COc3cc4c(cc3OC)C(=O)N3c5ccccc5C[C@H]3C=N4)cc(N(C)CCCC(=O)ON3C(=O)CCC3=O)c1)N=C[C@@H]1Cc3ccccc3N1C2=O. The molecule has 0 unspecified atom stereocenters. The third-order valence-electron chi connectivity index (χ3n) is 12.6. The molecule has 0 bridgehead atoms. The summed E-state index contributed by atoms with van der Waals surface area (Å²) in [5.41, 5.74) is 7.98. The van der Waals surface area contributed by atoms with E-state index in [1.54, 1.807) is 34.1 Å². The zero-order valence-electron chi connectivity index (χ0n) is 37.1. The maximum absolute atomic E-state index is 14.0. The number of carbonyl (C=O) groups is 5. The van der Waals surface area contributed by atoms with Gasteiger partial charge in [-0.25, -0.2) is 4.79 Å². The van der Waals surface area contributed by atoms with Gasteiger partial charge in [0.2, 0.25) is 0 Å². The van der Waals surface area contributed by atoms with Crippen molar-refractivity contribution in [2.24, 2.45) is 9.98 Å². The highest BCUT2D eigenvalue weighted by atomic mass is 16.7. The number of benzene rings is 5. The molecule has 1 fully saturated rings. The second-order valence-corrected chi connectivity index (χ2v) is 16.9. The molecule has 5 heterocycles. The first-order chi connectivity index (χ1) is 32.6. The number of fused-ring (bicyclic) bond motifs is 8. The van der Waals surface area contributed by atoms with Crippen LogP contribution in [0.15, 0.2) is 101 Å². The predicted octanol–water partition coefficient (Wildman–Crippen LogP) is 7.26. The van der Waals surface area contributed by atoms with E-state index in [-0.39, 0.29) is 56.4 Å². The van der Waals surface area contributed by atoms with Gasteiger partial charge >= 0.3 is 5.97 Å². The van der Waals surface area contributed by atoms with Crippen LogP contribution in [0, 0.1) is 0 Å². The van der Waals surface area contributed by atoms with Crippen LogP contribution < -0.4 is 33.6 Å². The van der Waals surface area contributed by atoms with Gasteiger partial charge in [0.15, 0.2) is 23.0 Å². The van der Waals surface area contributed by atoms with E-state index in [2.05, 4.69) is 0 Å². The van der Waals surface area contributed by atoms with Gasteiger partial charge in [-0.3, -0.25) is 39.0 Å². The van der Waals surface area contributed by atoms with Crippen LogP contribution in [0.5, 0.6) is 23.0 Å². The second kappa shape index (κ2) is 17.8. The minimum atomic E-state index is -0.676. The molecule has 0 spiro atoms. The molecule has 10 rings (SSSR count). The summed E-state index contributed by atoms with van der Waals surface area (Å²) in [5, 5.41) is 0.554. The van der Waals surface area contributed by atoms with Crippen LogP contribution in [0.4, 0.5) is 28.4 Å². The molecule has 0 saturated carbocycles. The minimum absolute atomic E-state index is 0.0178. The van der Waals surface area contributed by atoms with Crippen LogP contribution in [-0.2, 0) is 45.3 Å². The molecule has 0 aromatic heterocycles. The fraction of sp³-hybridized carbons (Fsp3) is 0.275. The Hall–Kier alpha value is -8.01. The molecule has 0 aliphatic carbocycles. The summed E-state index contributed by atoms with van der Waals surface area (Å²) in [5.74, 6) is -0.548. The quantitative estimate of drug-likeness (QED) is 0.103. The molecule has 340 valence electrons. The molecule has 0 radical (unpaired) electrons. The Kier molecular flexibility index (Phi) is 11.4. The number of methoxy groups -OCH3 is 2. The second-order valence-electron chi connectivity index (χ2n) is 16.9. The van der Waals surface area contributed by atoms with E-state index in [4.69, 9.17) is 33.8 Å². The number of amides is 4. The molecular weight excluding hydrogens is 857 g/mol. The number of imide groups is 1. The molecule has 5 aliphatic heterocycles. The van der Waals surface area contributed by atoms with Crippen LogP contribution in [0.3, 0.4) is 0 Å². The van der Waals surface area contributed by atoms with Crippen molar-refractivity contribution in [3.8, 4) is 23.0 Å². The number of nitrogens with zero attached hydrogens (tertiary/aromatic N) is 6. The van der Waals surface area contributed by atoms with E-state index < -0.39 is 17.8 Å². The highest BCUT2D eigenvalue weighted by Crippen LogP contribution is 2.43. The van der Waals surface area contributed by atoms with E-state index in [0.717, 1.165) is 39.3 Å². The molecule has 5 aromatic rings. The Morgan fingerprint density at radius 3 is 1.64 bits per heavy atom. The maximum atomic E-state index is 14.0. The fourth-order valence-corrected chi connectivity index (χ4v) is 9.22. The Bertz CT molecular complexity index is 2750. The monoisotopic (exact) mass is 902 g/mol. The number of carbonyl (C=O) groups excluding carboxylic acids is 5. The third-order valence-corrected chi connectivity index (χ3v) is 12.6. The van der Waals surface area contributed by atoms with Crippen molar-refractivity contribution in [2.75, 3.05) is 42.5 Å². The molecule has 0 N–H and O–H groups in total. The van der Waals surface area contributed by atoms with Crippen LogP contribution in [0.1, 0.15) is 68.7 Å². The molecular formula is C51H46N6O10. The van der Waals surface area contributed by atoms with Gasteiger partial charge in [-0.1, -0.05) is 36.4 Å². The minimum Gasteiger partial charge on any atom is -0.493 e. The Labute approximate surface area is 385 Å². The van der Waals surface area contributed by atoms with E-state index in [1.165, 1.54) is 14.2 Å². The summed E-state index contributed by atoms with van der Waals surface area (Å²) >= 11 is 0. The first-order valence-electron chi connectivity index (χ1n) is 22.1. The van der Waals surface area contributed by atoms with Crippen LogP contribution in [0.25, 0.3) is 0 Å². The summed E-state index contributed by atoms with van der Waals surface area (Å²) < 4.78 is 24.4. The first-order valence-corrected chi connectivity index (χ1v) is 22.1. The Morgan fingerprint density at radius 1 is 0.657 bits per heavy atom. The third kappa shape index (κ3) is 8.19. The van der Waals surface area contributed by atoms with Crippen molar-refractivity contribution >= 4 is 70.5 Å². The Morgan fingerprint density at radius 2 is 1.15 bits per heavy atom. The van der Waals surface area contributed by atoms with Crippen LogP contribution >= 0.6 is 0 Å². The molecule has 16 heteroatoms. The largest absolute Gasteiger partial charge is 0.493 e. The van der Waals surface area contributed by atoms with Crippen LogP contribution in [0.2, 0.25) is 0 Å². The van der Waals surface area contributed by atoms with Crippen molar-refractivity contribution < 1.29 is 47.8 Å². The van der Waals surface area contributed by atoms with Gasteiger partial charge < -0.3 is 28.7 Å². The average Bonchev–Trinajstić information content (AvgIpc) is 3.96. The number of hydrogen-bond acceptors (Lipinski definition) is 13. The number of aliphatic imine (C=N–C) groups is 2. The van der Waals surface area contributed by atoms with E-state index in [9.17, 15) is 24.0 Å². The van der Waals surface area contributed by atoms with Crippen LogP contribution in [-0.4, -0.2) is 87.0 Å². The van der Waals surface area contributed by atoms with Crippen molar-refractivity contribution in [2.45, 2.75) is 63.8 Å². The van der Waals surface area contributed by atoms with Crippen molar-refractivity contribution in [1.82, 2.24) is 5.06 Å². The van der Waals surface area contributed by atoms with Gasteiger partial charge in [-0.05, 0) is 71.1 Å². The average molecular weight is 903 g/mol. The summed E-state index contributed by atoms with van der Waals surface area (Å²) in [4.78, 5) is 84.7. The maximum Gasteiger partial charge on any atom is 0.333 e. The van der Waals surface area contributed by atoms with E-state index in [0.29, 0.717) is 76.4 Å². The normalized spacial score (nSPS) is 17.5. The number of hydroxylamine groups is 2. The zero-order valence-corrected chi connectivity index (χ0v) is 37.1. The predicted molar refractivity (Wildman–Crippen MR) is 249 cm³/mol. The summed E-state index contributed by atoms with van der Waals surface area (Å²) in [7, 11) is 4.93. The van der Waals surface area contributed by atoms with Gasteiger partial charge in [0.1, 0.15) is 13.2 Å². The van der Waals surface area contributed by atoms with Gasteiger partial charge in [0, 0.05) is 87.3 Å². The molecule has 67 heavy (non-hydrogen) atoms. The molecule has 5 aromatic carbocycles. The first kappa shape index (κ1) is 42.9. The molecule has 16 nitrogen and oxygen atoms in total. The van der Waals surface area contributed by atoms with Crippen molar-refractivity contribution in [3.05, 3.63) is 124 Å². The molecule has 2 atom stereocenters. The number of hydrogen-bond donors (Lipinski definition) is 0. The lowest BCUT2D eigenvalue weighted by atomic mass is 10.1. The number of anilines is 3. The topological polar surface area (TPSA) is 169 Å². The van der Waals surface area contributed by atoms with Crippen molar-refractivity contribution in [3.63, 3.8) is 0 Å². The number of ether oxygens (including phenoxy) is 4. The van der Waals surface area contributed by atoms with E-state index in [1.807, 2.05) is 91.1 Å². The molecule has 4 amide bonds. The van der Waals surface area contributed by atoms with Gasteiger partial charge in [-0.2, -0.15) is 0 Å². The molecule has 5 aliphatic rings. The smallest absolute Gasteiger partial charge is 0.333 e. The Balaban J connectivity index is 0.896. The summed E-state index contributed by atoms with van der Waals surface area (Å²) in [6.45, 7) is 0.600. The summed E-state index contributed by atoms with van der Waals surface area (Å²) in [6, 6.07) is 28.0. The van der Waals surface area contributed by atoms with E-state index >= 15 is 0 Å². The van der Waals surface area contributed by atoms with Gasteiger partial charge in [0.05, 0.1) is 48.8 Å². The zero-order chi connectivity index (χ0) is 46.3. The lowest BCUT2D eigenvalue weighted by Crippen LogP contribution is -2.37. The lowest BCUT2D eigenvalue weighted by molar-refractivity contribution is -0.197. The van der Waals surface area contributed by atoms with Crippen molar-refractivity contribution in [1.29, 1.82) is 0 Å². The standard InChI is InChI=1S/C51H46N6O10/c1-54(16-8-13-49(60)67-57-47(58)14-15-48(57)59)34-18-30(28-65-45-24-39-37(22-43(45)63-2)50(61)55-35(26-52-39)20-32-9-4-6-11-41(32)55)17-31(19-34)29-66-46-25-40-38(23-44(46)64-3)51(62)56-36(27-53-40)21-33-10-5-7-12-42(33)56/h4-7,9-12,17-19,22-27,35-36H,8,13-16,20-21,28-29H2,1-3H3/t35-,36-/m0/s1. The van der Waals surface area contributed by atoms with Gasteiger partial charge in [-0.15, -0.1) is 5.06 Å². The number of rotatable bonds is 14. The highest BCUT2D eigenvalue weighted by Gasteiger charge is 2.38. The lowest BCUT2D eigenvalue weighted by Gasteiger charge is -2.23. The number of para-hydroxylation sites is 2. The molecule has 1 saturated heterocycles. The fourth-order valence-electron chi connectivity index (χ4n) is 9.22. The highest BCUT2D eigenvalue weighted by molar-refractivity contribution is 6.16. The van der Waals surface area contributed by atoms with Gasteiger partial charge in [0.25, 0.3) is 23.6 Å². The summed E-state index contributed by atoms with van der Waals surface area (Å²) in [6.07, 6.45) is 5.33.